The Hall–Kier alpha value is -1.39. The summed E-state index contributed by atoms with van der Waals surface area (Å²) in [5, 5.41) is 11.9. The Balaban J connectivity index is 1.70. The van der Waals surface area contributed by atoms with E-state index in [9.17, 15) is 4.79 Å². The smallest absolute Gasteiger partial charge is 0.220 e. The molecule has 0 spiro atoms. The van der Waals surface area contributed by atoms with E-state index in [2.05, 4.69) is 5.32 Å². The van der Waals surface area contributed by atoms with Crippen LogP contribution in [-0.2, 0) is 22.7 Å². The van der Waals surface area contributed by atoms with Gasteiger partial charge in [-0.05, 0) is 30.4 Å². The van der Waals surface area contributed by atoms with Crippen LogP contribution < -0.4 is 5.32 Å². The Morgan fingerprint density at radius 3 is 3.00 bits per heavy atom. The molecule has 104 valence electrons. The highest BCUT2D eigenvalue weighted by molar-refractivity contribution is 5.75. The highest BCUT2D eigenvalue weighted by Crippen LogP contribution is 2.16. The van der Waals surface area contributed by atoms with Gasteiger partial charge < -0.3 is 15.2 Å². The van der Waals surface area contributed by atoms with Crippen LogP contribution in [0.4, 0.5) is 0 Å². The van der Waals surface area contributed by atoms with Crippen LogP contribution in [-0.4, -0.2) is 23.7 Å². The number of carbonyl (C=O) groups is 1. The molecule has 1 unspecified atom stereocenters. The van der Waals surface area contributed by atoms with E-state index in [1.807, 2.05) is 24.3 Å². The highest BCUT2D eigenvalue weighted by atomic mass is 16.5. The van der Waals surface area contributed by atoms with Crippen molar-refractivity contribution in [2.45, 2.75) is 44.9 Å². The van der Waals surface area contributed by atoms with Crippen LogP contribution >= 0.6 is 0 Å². The lowest BCUT2D eigenvalue weighted by molar-refractivity contribution is -0.121. The zero-order valence-electron chi connectivity index (χ0n) is 11.1. The van der Waals surface area contributed by atoms with Crippen molar-refractivity contribution >= 4 is 5.91 Å². The maximum Gasteiger partial charge on any atom is 0.220 e. The molecule has 1 heterocycles. The molecule has 0 saturated carbocycles. The number of amides is 1. The number of nitrogens with one attached hydrogen (secondary N) is 1. The Kier molecular flexibility index (Phi) is 5.36. The predicted octanol–water partition coefficient (Wildman–Crippen LogP) is 1.75. The van der Waals surface area contributed by atoms with Crippen LogP contribution in [0.3, 0.4) is 0 Å². The number of carbonyl (C=O) groups excluding carboxylic acids is 1. The van der Waals surface area contributed by atoms with Crippen molar-refractivity contribution in [2.24, 2.45) is 0 Å². The second-order valence-electron chi connectivity index (χ2n) is 4.93. The third kappa shape index (κ3) is 4.65. The molecule has 4 nitrogen and oxygen atoms in total. The van der Waals surface area contributed by atoms with E-state index in [4.69, 9.17) is 9.84 Å². The Morgan fingerprint density at radius 1 is 1.42 bits per heavy atom. The summed E-state index contributed by atoms with van der Waals surface area (Å²) >= 11 is 0. The van der Waals surface area contributed by atoms with Gasteiger partial charge in [-0.25, -0.2) is 0 Å². The van der Waals surface area contributed by atoms with Crippen LogP contribution in [0.25, 0.3) is 0 Å². The maximum atomic E-state index is 11.7. The van der Waals surface area contributed by atoms with Crippen molar-refractivity contribution in [3.8, 4) is 0 Å². The Labute approximate surface area is 113 Å². The molecule has 19 heavy (non-hydrogen) atoms. The summed E-state index contributed by atoms with van der Waals surface area (Å²) in [4.78, 5) is 11.7. The average molecular weight is 263 g/mol. The molecule has 1 aromatic rings. The van der Waals surface area contributed by atoms with Crippen molar-refractivity contribution in [3.63, 3.8) is 0 Å². The summed E-state index contributed by atoms with van der Waals surface area (Å²) in [6.45, 7) is 1.37. The minimum absolute atomic E-state index is 0.0286. The number of ether oxygens (including phenoxy) is 1. The van der Waals surface area contributed by atoms with Gasteiger partial charge in [0.05, 0.1) is 12.7 Å². The van der Waals surface area contributed by atoms with Crippen molar-refractivity contribution in [1.29, 1.82) is 0 Å². The van der Waals surface area contributed by atoms with E-state index in [0.717, 1.165) is 37.0 Å². The van der Waals surface area contributed by atoms with Crippen molar-refractivity contribution in [3.05, 3.63) is 35.4 Å². The number of aliphatic hydroxyl groups is 1. The minimum Gasteiger partial charge on any atom is -0.392 e. The summed E-state index contributed by atoms with van der Waals surface area (Å²) in [7, 11) is 0. The largest absolute Gasteiger partial charge is 0.392 e. The lowest BCUT2D eigenvalue weighted by atomic mass is 10.1. The van der Waals surface area contributed by atoms with E-state index in [1.165, 1.54) is 0 Å². The van der Waals surface area contributed by atoms with Gasteiger partial charge in [0, 0.05) is 19.6 Å². The lowest BCUT2D eigenvalue weighted by Crippen LogP contribution is -2.23. The zero-order valence-corrected chi connectivity index (χ0v) is 11.1. The van der Waals surface area contributed by atoms with Crippen LogP contribution in [0.15, 0.2) is 24.3 Å². The van der Waals surface area contributed by atoms with Gasteiger partial charge in [-0.15, -0.1) is 0 Å². The number of benzene rings is 1. The van der Waals surface area contributed by atoms with Gasteiger partial charge in [-0.3, -0.25) is 4.79 Å². The fourth-order valence-electron chi connectivity index (χ4n) is 2.29. The molecule has 1 amide bonds. The molecule has 0 aromatic heterocycles. The summed E-state index contributed by atoms with van der Waals surface area (Å²) in [6, 6.07) is 7.60. The first-order valence-corrected chi connectivity index (χ1v) is 6.85. The second kappa shape index (κ2) is 7.26. The fourth-order valence-corrected chi connectivity index (χ4v) is 2.29. The number of aliphatic hydroxyl groups excluding tert-OH is 1. The second-order valence-corrected chi connectivity index (χ2v) is 4.93. The number of hydrogen-bond acceptors (Lipinski definition) is 3. The van der Waals surface area contributed by atoms with Crippen LogP contribution in [0.1, 0.15) is 36.8 Å². The molecule has 1 aromatic carbocycles. The molecule has 1 atom stereocenters. The highest BCUT2D eigenvalue weighted by Gasteiger charge is 2.16. The molecule has 2 N–H and O–H groups in total. The molecular formula is C15H21NO3. The molecule has 0 radical (unpaired) electrons. The van der Waals surface area contributed by atoms with Crippen molar-refractivity contribution in [1.82, 2.24) is 5.32 Å². The quantitative estimate of drug-likeness (QED) is 0.822. The first kappa shape index (κ1) is 14.0. The third-order valence-electron chi connectivity index (χ3n) is 3.38. The Bertz CT molecular complexity index is 414. The van der Waals surface area contributed by atoms with Gasteiger partial charge in [0.2, 0.25) is 5.91 Å². The standard InChI is InChI=1S/C15H21NO3/c17-11-13-4-1-3-12(9-13)10-16-15(18)7-6-14-5-2-8-19-14/h1,3-4,9,14,17H,2,5-8,10-11H2,(H,16,18). The van der Waals surface area contributed by atoms with E-state index in [-0.39, 0.29) is 18.6 Å². The Morgan fingerprint density at radius 2 is 2.26 bits per heavy atom. The fraction of sp³-hybridized carbons (Fsp3) is 0.533. The molecule has 2 rings (SSSR count). The maximum absolute atomic E-state index is 11.7. The molecule has 1 aliphatic rings. The summed E-state index contributed by atoms with van der Waals surface area (Å²) < 4.78 is 5.49. The monoisotopic (exact) mass is 263 g/mol. The van der Waals surface area contributed by atoms with Gasteiger partial charge in [0.15, 0.2) is 0 Å². The summed E-state index contributed by atoms with van der Waals surface area (Å²) in [6.07, 6.45) is 3.78. The van der Waals surface area contributed by atoms with Crippen LogP contribution in [0.2, 0.25) is 0 Å². The van der Waals surface area contributed by atoms with Gasteiger partial charge in [0.25, 0.3) is 0 Å². The van der Waals surface area contributed by atoms with Crippen LogP contribution in [0.5, 0.6) is 0 Å². The van der Waals surface area contributed by atoms with Gasteiger partial charge in [0.1, 0.15) is 0 Å². The molecule has 1 saturated heterocycles. The topological polar surface area (TPSA) is 58.6 Å². The first-order valence-electron chi connectivity index (χ1n) is 6.85. The molecule has 1 fully saturated rings. The van der Waals surface area contributed by atoms with E-state index in [1.54, 1.807) is 0 Å². The SMILES string of the molecule is O=C(CCC1CCCO1)NCc1cccc(CO)c1. The number of hydrogen-bond donors (Lipinski definition) is 2. The van der Waals surface area contributed by atoms with Crippen LogP contribution in [0, 0.1) is 0 Å². The molecule has 0 bridgehead atoms. The summed E-state index contributed by atoms with van der Waals surface area (Å²) in [5.41, 5.74) is 1.88. The number of rotatable bonds is 6. The van der Waals surface area contributed by atoms with Gasteiger partial charge in [-0.2, -0.15) is 0 Å². The van der Waals surface area contributed by atoms with Gasteiger partial charge in [-0.1, -0.05) is 24.3 Å². The molecule has 1 aliphatic heterocycles. The third-order valence-corrected chi connectivity index (χ3v) is 3.38. The van der Waals surface area contributed by atoms with E-state index >= 15 is 0 Å². The van der Waals surface area contributed by atoms with Crippen molar-refractivity contribution < 1.29 is 14.6 Å². The molecule has 4 heteroatoms. The molecular weight excluding hydrogens is 242 g/mol. The van der Waals surface area contributed by atoms with E-state index in [0.29, 0.717) is 13.0 Å². The minimum atomic E-state index is 0.0286. The summed E-state index contributed by atoms with van der Waals surface area (Å²) in [5.74, 6) is 0.0601. The first-order chi connectivity index (χ1) is 9.28. The average Bonchev–Trinajstić information content (AvgIpc) is 2.96. The lowest BCUT2D eigenvalue weighted by Gasteiger charge is -2.09. The zero-order chi connectivity index (χ0) is 13.5. The normalized spacial score (nSPS) is 18.5. The molecule has 0 aliphatic carbocycles. The predicted molar refractivity (Wildman–Crippen MR) is 72.4 cm³/mol. The van der Waals surface area contributed by atoms with Crippen molar-refractivity contribution in [2.75, 3.05) is 6.61 Å². The van der Waals surface area contributed by atoms with E-state index < -0.39 is 0 Å². The van der Waals surface area contributed by atoms with Gasteiger partial charge >= 0.3 is 0 Å².